The van der Waals surface area contributed by atoms with Crippen molar-refractivity contribution in [3.05, 3.63) is 60.4 Å². The second-order valence-corrected chi connectivity index (χ2v) is 7.34. The maximum absolute atomic E-state index is 13.2. The summed E-state index contributed by atoms with van der Waals surface area (Å²) >= 11 is 0. The summed E-state index contributed by atoms with van der Waals surface area (Å²) in [6.45, 7) is -0.546. The van der Waals surface area contributed by atoms with Crippen LogP contribution in [0.2, 0.25) is 0 Å². The van der Waals surface area contributed by atoms with Crippen molar-refractivity contribution < 1.29 is 34.3 Å². The van der Waals surface area contributed by atoms with Gasteiger partial charge >= 0.3 is 0 Å². The molecule has 0 spiro atoms. The highest BCUT2D eigenvalue weighted by molar-refractivity contribution is 5.69. The minimum absolute atomic E-state index is 0.0588. The molecule has 4 rings (SSSR count). The van der Waals surface area contributed by atoms with Gasteiger partial charge in [0.2, 0.25) is 12.2 Å². The van der Waals surface area contributed by atoms with E-state index in [1.807, 2.05) is 0 Å². The van der Waals surface area contributed by atoms with Gasteiger partial charge in [0.15, 0.2) is 0 Å². The van der Waals surface area contributed by atoms with E-state index in [-0.39, 0.29) is 11.8 Å². The summed E-state index contributed by atoms with van der Waals surface area (Å²) in [4.78, 5) is 8.44. The van der Waals surface area contributed by atoms with Gasteiger partial charge in [-0.05, 0) is 54.6 Å². The molecule has 1 saturated heterocycles. The molecular formula is C22H22FN3O6. The van der Waals surface area contributed by atoms with Crippen molar-refractivity contribution in [2.24, 2.45) is 0 Å². The topological polar surface area (TPSA) is 151 Å². The number of nitrogens with zero attached hydrogens (tertiary/aromatic N) is 2. The molecule has 1 fully saturated rings. The van der Waals surface area contributed by atoms with Gasteiger partial charge < -0.3 is 35.6 Å². The van der Waals surface area contributed by atoms with Crippen LogP contribution >= 0.6 is 0 Å². The molecule has 1 aliphatic rings. The Morgan fingerprint density at radius 1 is 0.875 bits per heavy atom. The number of aromatic nitrogens is 2. The number of anilines is 1. The van der Waals surface area contributed by atoms with Crippen LogP contribution in [-0.4, -0.2) is 67.7 Å². The van der Waals surface area contributed by atoms with Gasteiger partial charge in [0.25, 0.3) is 0 Å². The van der Waals surface area contributed by atoms with E-state index in [0.717, 1.165) is 0 Å². The molecule has 0 bridgehead atoms. The summed E-state index contributed by atoms with van der Waals surface area (Å²) < 4.78 is 24.1. The minimum atomic E-state index is -1.53. The van der Waals surface area contributed by atoms with Gasteiger partial charge in [-0.2, -0.15) is 0 Å². The van der Waals surface area contributed by atoms with E-state index < -0.39 is 37.3 Å². The van der Waals surface area contributed by atoms with Crippen molar-refractivity contribution in [2.75, 3.05) is 12.3 Å². The van der Waals surface area contributed by atoms with E-state index in [1.54, 1.807) is 42.5 Å². The first-order valence-electron chi connectivity index (χ1n) is 9.84. The average Bonchev–Trinajstić information content (AvgIpc) is 2.80. The molecule has 5 unspecified atom stereocenters. The average molecular weight is 443 g/mol. The summed E-state index contributed by atoms with van der Waals surface area (Å²) in [6.07, 6.45) is -6.84. The van der Waals surface area contributed by atoms with Crippen LogP contribution in [0.25, 0.3) is 22.5 Å². The highest BCUT2D eigenvalue weighted by atomic mass is 19.1. The molecule has 168 valence electrons. The number of nitrogens with two attached hydrogens (primary N) is 1. The monoisotopic (exact) mass is 443 g/mol. The van der Waals surface area contributed by atoms with Crippen LogP contribution in [0, 0.1) is 5.82 Å². The first-order chi connectivity index (χ1) is 15.4. The number of nitrogen functional groups attached to an aromatic ring is 1. The van der Waals surface area contributed by atoms with Crippen molar-refractivity contribution >= 4 is 5.95 Å². The number of aliphatic hydroxyl groups is 4. The Bertz CT molecular complexity index is 1060. The number of benzene rings is 2. The lowest BCUT2D eigenvalue weighted by Crippen LogP contribution is -2.60. The van der Waals surface area contributed by atoms with Crippen molar-refractivity contribution in [2.45, 2.75) is 30.7 Å². The maximum Gasteiger partial charge on any atom is 0.229 e. The molecule has 10 heteroatoms. The lowest BCUT2D eigenvalue weighted by Gasteiger charge is -2.39. The zero-order chi connectivity index (χ0) is 22.8. The van der Waals surface area contributed by atoms with E-state index in [1.165, 1.54) is 12.1 Å². The lowest BCUT2D eigenvalue weighted by molar-refractivity contribution is -0.277. The third kappa shape index (κ3) is 4.54. The second-order valence-electron chi connectivity index (χ2n) is 7.34. The Labute approximate surface area is 182 Å². The van der Waals surface area contributed by atoms with Gasteiger partial charge in [0.1, 0.15) is 36.0 Å². The smallest absolute Gasteiger partial charge is 0.229 e. The molecule has 0 amide bonds. The number of rotatable bonds is 5. The fourth-order valence-corrected chi connectivity index (χ4v) is 3.39. The van der Waals surface area contributed by atoms with Crippen LogP contribution in [0.4, 0.5) is 10.3 Å². The quantitative estimate of drug-likeness (QED) is 0.384. The Morgan fingerprint density at radius 3 is 2.00 bits per heavy atom. The van der Waals surface area contributed by atoms with E-state index in [2.05, 4.69) is 9.97 Å². The normalized spacial score (nSPS) is 25.5. The molecule has 3 aromatic rings. The first-order valence-corrected chi connectivity index (χ1v) is 9.84. The van der Waals surface area contributed by atoms with Crippen LogP contribution in [0.1, 0.15) is 0 Å². The highest BCUT2D eigenvalue weighted by Gasteiger charge is 2.44. The summed E-state index contributed by atoms with van der Waals surface area (Å²) in [5.74, 6) is 0.0216. The summed E-state index contributed by atoms with van der Waals surface area (Å²) in [7, 11) is 0. The largest absolute Gasteiger partial charge is 0.462 e. The number of hydrogen-bond donors (Lipinski definition) is 5. The van der Waals surface area contributed by atoms with Gasteiger partial charge in [-0.3, -0.25) is 0 Å². The third-order valence-corrected chi connectivity index (χ3v) is 5.13. The molecule has 2 aromatic carbocycles. The minimum Gasteiger partial charge on any atom is -0.462 e. The standard InChI is InChI=1S/C22H22FN3O6/c23-13-5-1-11(2-6-13)15-9-16(26-22(24)25-15)12-3-7-14(8-4-12)31-21-20(30)19(29)18(28)17(10-27)32-21/h1-9,17-21,27-30H,10H2,(H2,24,25,26). The van der Waals surface area contributed by atoms with Crippen LogP contribution in [0.5, 0.6) is 5.75 Å². The second kappa shape index (κ2) is 9.15. The zero-order valence-corrected chi connectivity index (χ0v) is 16.7. The molecule has 32 heavy (non-hydrogen) atoms. The predicted octanol–water partition coefficient (Wildman–Crippen LogP) is 0.711. The fraction of sp³-hybridized carbons (Fsp3) is 0.273. The molecule has 1 aliphatic heterocycles. The Balaban J connectivity index is 1.53. The van der Waals surface area contributed by atoms with E-state index >= 15 is 0 Å². The van der Waals surface area contributed by atoms with Gasteiger partial charge in [-0.15, -0.1) is 0 Å². The van der Waals surface area contributed by atoms with E-state index in [9.17, 15) is 24.8 Å². The van der Waals surface area contributed by atoms with Crippen LogP contribution in [0.3, 0.4) is 0 Å². The van der Waals surface area contributed by atoms with Crippen LogP contribution < -0.4 is 10.5 Å². The van der Waals surface area contributed by atoms with Crippen molar-refractivity contribution in [1.29, 1.82) is 0 Å². The zero-order valence-electron chi connectivity index (χ0n) is 16.7. The summed E-state index contributed by atoms with van der Waals surface area (Å²) in [5.41, 5.74) is 8.31. The maximum atomic E-state index is 13.2. The number of halogens is 1. The van der Waals surface area contributed by atoms with Crippen molar-refractivity contribution in [3.63, 3.8) is 0 Å². The van der Waals surface area contributed by atoms with Crippen molar-refractivity contribution in [1.82, 2.24) is 9.97 Å². The van der Waals surface area contributed by atoms with Gasteiger partial charge in [0.05, 0.1) is 18.0 Å². The molecule has 2 heterocycles. The fourth-order valence-electron chi connectivity index (χ4n) is 3.39. The van der Waals surface area contributed by atoms with E-state index in [4.69, 9.17) is 15.2 Å². The van der Waals surface area contributed by atoms with Gasteiger partial charge in [0, 0.05) is 11.1 Å². The van der Waals surface area contributed by atoms with Gasteiger partial charge in [-0.25, -0.2) is 14.4 Å². The number of ether oxygens (including phenoxy) is 2. The molecular weight excluding hydrogens is 421 g/mol. The highest BCUT2D eigenvalue weighted by Crippen LogP contribution is 2.28. The Hall–Kier alpha value is -3.15. The molecule has 0 radical (unpaired) electrons. The van der Waals surface area contributed by atoms with Gasteiger partial charge in [-0.1, -0.05) is 0 Å². The molecule has 0 saturated carbocycles. The molecule has 9 nitrogen and oxygen atoms in total. The first kappa shape index (κ1) is 22.1. The number of hydrogen-bond acceptors (Lipinski definition) is 9. The number of aliphatic hydroxyl groups excluding tert-OH is 4. The Morgan fingerprint density at radius 2 is 1.44 bits per heavy atom. The van der Waals surface area contributed by atoms with Crippen LogP contribution in [-0.2, 0) is 4.74 Å². The van der Waals surface area contributed by atoms with E-state index in [0.29, 0.717) is 28.3 Å². The lowest BCUT2D eigenvalue weighted by atomic mass is 9.99. The SMILES string of the molecule is Nc1nc(-c2ccc(F)cc2)cc(-c2ccc(OC3OC(CO)C(O)C(O)C3O)cc2)n1. The molecule has 5 atom stereocenters. The summed E-state index contributed by atoms with van der Waals surface area (Å²) in [5, 5.41) is 39.1. The summed E-state index contributed by atoms with van der Waals surface area (Å²) in [6, 6.07) is 14.2. The molecule has 6 N–H and O–H groups in total. The Kier molecular flexibility index (Phi) is 6.31. The third-order valence-electron chi connectivity index (χ3n) is 5.13. The predicted molar refractivity (Wildman–Crippen MR) is 112 cm³/mol. The molecule has 1 aromatic heterocycles. The van der Waals surface area contributed by atoms with Crippen molar-refractivity contribution in [3.8, 4) is 28.3 Å². The van der Waals surface area contributed by atoms with Crippen LogP contribution in [0.15, 0.2) is 54.6 Å². The molecule has 0 aliphatic carbocycles.